The number of carbonyl (C=O) groups is 3. The fourth-order valence-electron chi connectivity index (χ4n) is 2.79. The molecule has 0 aliphatic carbocycles. The van der Waals surface area contributed by atoms with Crippen molar-refractivity contribution in [2.75, 3.05) is 145 Å². The smallest absolute Gasteiger partial charge is 0.329 e. The first-order chi connectivity index (χ1) is 21.1. The van der Waals surface area contributed by atoms with E-state index in [0.29, 0.717) is 132 Å². The predicted molar refractivity (Wildman–Crippen MR) is 150 cm³/mol. The van der Waals surface area contributed by atoms with Gasteiger partial charge in [-0.2, -0.15) is 0 Å². The van der Waals surface area contributed by atoms with Crippen LogP contribution in [0.1, 0.15) is 13.3 Å². The third-order valence-corrected chi connectivity index (χ3v) is 4.76. The Balaban J connectivity index is 3.11. The maximum atomic E-state index is 11.3. The molecule has 0 rings (SSSR count). The van der Waals surface area contributed by atoms with Gasteiger partial charge in [-0.3, -0.25) is 9.59 Å². The average Bonchev–Trinajstić information content (AvgIpc) is 2.98. The summed E-state index contributed by atoms with van der Waals surface area (Å²) >= 11 is 0. The molecule has 0 saturated heterocycles. The topological polar surface area (TPSA) is 185 Å². The van der Waals surface area contributed by atoms with Crippen molar-refractivity contribution in [3.8, 4) is 0 Å². The molecule has 0 spiro atoms. The number of carboxylic acids is 1. The maximum Gasteiger partial charge on any atom is 0.329 e. The summed E-state index contributed by atoms with van der Waals surface area (Å²) in [7, 11) is 0. The lowest BCUT2D eigenvalue weighted by molar-refractivity contribution is -0.145. The molecule has 43 heavy (non-hydrogen) atoms. The molecule has 0 heterocycles. The third kappa shape index (κ3) is 36.1. The number of ether oxygens (including phenoxy) is 11. The molecule has 0 unspecified atom stereocenters. The van der Waals surface area contributed by atoms with Crippen molar-refractivity contribution in [3.05, 3.63) is 0 Å². The maximum absolute atomic E-state index is 11.3. The van der Waals surface area contributed by atoms with Gasteiger partial charge in [0, 0.05) is 6.54 Å². The minimum absolute atomic E-state index is 0.246. The van der Waals surface area contributed by atoms with E-state index in [4.69, 9.17) is 52.5 Å². The first-order valence-corrected chi connectivity index (χ1v) is 14.5. The van der Waals surface area contributed by atoms with Crippen LogP contribution in [0.25, 0.3) is 0 Å². The Hall–Kier alpha value is -1.99. The molecule has 0 aliphatic rings. The van der Waals surface area contributed by atoms with Crippen molar-refractivity contribution in [1.29, 1.82) is 0 Å². The largest absolute Gasteiger partial charge is 0.480 e. The standard InChI is InChI=1S/C27H51NO15/c1-2-43-27(32)3-5-33-7-9-35-11-13-37-15-17-39-19-21-41-22-20-40-18-16-38-14-12-36-10-8-34-6-4-28-25(29)23-42-24-26(30)31/h2-24H2,1H3,(H,28,29)(H,30,31). The third-order valence-electron chi connectivity index (χ3n) is 4.76. The van der Waals surface area contributed by atoms with Crippen LogP contribution in [0.4, 0.5) is 0 Å². The zero-order valence-corrected chi connectivity index (χ0v) is 25.4. The van der Waals surface area contributed by atoms with E-state index in [2.05, 4.69) is 10.1 Å². The van der Waals surface area contributed by atoms with Gasteiger partial charge >= 0.3 is 11.9 Å². The molecule has 16 nitrogen and oxygen atoms in total. The zero-order valence-electron chi connectivity index (χ0n) is 25.4. The van der Waals surface area contributed by atoms with E-state index in [-0.39, 0.29) is 19.0 Å². The van der Waals surface area contributed by atoms with Crippen LogP contribution in [0.15, 0.2) is 0 Å². The second-order valence-electron chi connectivity index (χ2n) is 8.30. The number of hydrogen-bond donors (Lipinski definition) is 2. The van der Waals surface area contributed by atoms with Crippen LogP contribution in [-0.4, -0.2) is 168 Å². The SMILES string of the molecule is CCOC(=O)CCOCCOCCOCCOCCOCCOCCOCCOCCOCCNC(=O)COCC(=O)O. The summed E-state index contributed by atoms with van der Waals surface area (Å²) in [5.41, 5.74) is 0. The van der Waals surface area contributed by atoms with Crippen LogP contribution in [0, 0.1) is 0 Å². The number of carboxylic acid groups (broad SMARTS) is 1. The van der Waals surface area contributed by atoms with Crippen LogP contribution in [-0.2, 0) is 66.5 Å². The summed E-state index contributed by atoms with van der Waals surface area (Å²) in [6.07, 6.45) is 0.246. The van der Waals surface area contributed by atoms with Crippen LogP contribution >= 0.6 is 0 Å². The van der Waals surface area contributed by atoms with Gasteiger partial charge in [-0.15, -0.1) is 0 Å². The Kier molecular flexibility index (Phi) is 32.9. The van der Waals surface area contributed by atoms with Gasteiger partial charge in [0.15, 0.2) is 0 Å². The molecular weight excluding hydrogens is 578 g/mol. The van der Waals surface area contributed by atoms with E-state index in [1.54, 1.807) is 6.92 Å². The molecule has 0 aromatic heterocycles. The Morgan fingerprint density at radius 2 is 0.837 bits per heavy atom. The van der Waals surface area contributed by atoms with E-state index >= 15 is 0 Å². The van der Waals surface area contributed by atoms with Gasteiger partial charge in [0.25, 0.3) is 0 Å². The molecule has 0 radical (unpaired) electrons. The average molecular weight is 630 g/mol. The summed E-state index contributed by atoms with van der Waals surface area (Å²) in [6.45, 7) is 9.42. The summed E-state index contributed by atoms with van der Waals surface area (Å²) in [6, 6.07) is 0. The molecule has 2 N–H and O–H groups in total. The fourth-order valence-corrected chi connectivity index (χ4v) is 2.79. The van der Waals surface area contributed by atoms with E-state index in [9.17, 15) is 14.4 Å². The Morgan fingerprint density at radius 1 is 0.488 bits per heavy atom. The highest BCUT2D eigenvalue weighted by Gasteiger charge is 2.03. The van der Waals surface area contributed by atoms with E-state index in [1.165, 1.54) is 0 Å². The highest BCUT2D eigenvalue weighted by Crippen LogP contribution is 1.89. The van der Waals surface area contributed by atoms with Gasteiger partial charge in [0.2, 0.25) is 5.91 Å². The highest BCUT2D eigenvalue weighted by molar-refractivity contribution is 5.77. The highest BCUT2D eigenvalue weighted by atomic mass is 16.6. The Bertz CT molecular complexity index is 642. The van der Waals surface area contributed by atoms with E-state index < -0.39 is 18.5 Å². The molecule has 0 aromatic carbocycles. The number of hydrogen-bond acceptors (Lipinski definition) is 14. The quantitative estimate of drug-likeness (QED) is 0.0662. The van der Waals surface area contributed by atoms with Gasteiger partial charge in [-0.1, -0.05) is 0 Å². The first kappa shape index (κ1) is 41.0. The number of carbonyl (C=O) groups excluding carboxylic acids is 2. The summed E-state index contributed by atoms with van der Waals surface area (Å²) in [5, 5.41) is 11.0. The van der Waals surface area contributed by atoms with Gasteiger partial charge in [-0.05, 0) is 6.92 Å². The van der Waals surface area contributed by atoms with Crippen molar-refractivity contribution in [2.45, 2.75) is 13.3 Å². The lowest BCUT2D eigenvalue weighted by Gasteiger charge is -2.09. The minimum atomic E-state index is -1.13. The molecular formula is C27H51NO15. The summed E-state index contributed by atoms with van der Waals surface area (Å²) in [4.78, 5) is 32.7. The van der Waals surface area contributed by atoms with Crippen LogP contribution in [0.2, 0.25) is 0 Å². The first-order valence-electron chi connectivity index (χ1n) is 14.5. The van der Waals surface area contributed by atoms with E-state index in [1.807, 2.05) is 0 Å². The summed E-state index contributed by atoms with van der Waals surface area (Å²) < 4.78 is 57.9. The van der Waals surface area contributed by atoms with Crippen LogP contribution in [0.5, 0.6) is 0 Å². The zero-order chi connectivity index (χ0) is 31.5. The molecule has 0 atom stereocenters. The number of nitrogens with one attached hydrogen (secondary N) is 1. The van der Waals surface area contributed by atoms with Crippen LogP contribution < -0.4 is 5.32 Å². The molecule has 1 amide bonds. The van der Waals surface area contributed by atoms with E-state index in [0.717, 1.165) is 0 Å². The monoisotopic (exact) mass is 629 g/mol. The number of amides is 1. The lowest BCUT2D eigenvalue weighted by atomic mass is 10.5. The van der Waals surface area contributed by atoms with Gasteiger partial charge < -0.3 is 62.5 Å². The minimum Gasteiger partial charge on any atom is -0.480 e. The second-order valence-corrected chi connectivity index (χ2v) is 8.30. The molecule has 254 valence electrons. The molecule has 0 aromatic rings. The second kappa shape index (κ2) is 34.5. The number of esters is 1. The number of aliphatic carboxylic acids is 1. The Labute approximate surface area is 253 Å². The normalized spacial score (nSPS) is 11.1. The molecule has 0 aliphatic heterocycles. The molecule has 0 bridgehead atoms. The van der Waals surface area contributed by atoms with Crippen LogP contribution in [0.3, 0.4) is 0 Å². The van der Waals surface area contributed by atoms with Gasteiger partial charge in [0.1, 0.15) is 13.2 Å². The molecule has 0 fully saturated rings. The molecule has 0 saturated carbocycles. The van der Waals surface area contributed by atoms with Crippen molar-refractivity contribution < 1.29 is 71.6 Å². The summed E-state index contributed by atoms with van der Waals surface area (Å²) in [5.74, 6) is -1.79. The van der Waals surface area contributed by atoms with Crippen molar-refractivity contribution in [3.63, 3.8) is 0 Å². The van der Waals surface area contributed by atoms with Gasteiger partial charge in [-0.25, -0.2) is 4.79 Å². The van der Waals surface area contributed by atoms with Gasteiger partial charge in [0.05, 0.1) is 132 Å². The van der Waals surface area contributed by atoms with Crippen molar-refractivity contribution in [1.82, 2.24) is 5.32 Å². The van der Waals surface area contributed by atoms with Crippen molar-refractivity contribution in [2.24, 2.45) is 0 Å². The lowest BCUT2D eigenvalue weighted by Crippen LogP contribution is -2.31. The Morgan fingerprint density at radius 3 is 1.19 bits per heavy atom. The molecule has 16 heteroatoms. The fraction of sp³-hybridized carbons (Fsp3) is 0.889. The predicted octanol–water partition coefficient (Wildman–Crippen LogP) is -0.694. The van der Waals surface area contributed by atoms with Crippen molar-refractivity contribution >= 4 is 17.8 Å². The number of rotatable bonds is 35.